The van der Waals surface area contributed by atoms with Gasteiger partial charge in [0.15, 0.2) is 0 Å². The average molecular weight is 210 g/mol. The summed E-state index contributed by atoms with van der Waals surface area (Å²) in [7, 11) is 0. The second-order valence-corrected chi connectivity index (χ2v) is 3.73. The molecule has 0 spiro atoms. The van der Waals surface area contributed by atoms with Crippen LogP contribution >= 0.6 is 0 Å². The molecule has 0 aromatic rings. The number of nitrogens with two attached hydrogens (primary N) is 1. The SMILES string of the molecule is C=CCN(CC=C)C(=O)[C@@H](N)[C@@H](C)CC. The zero-order chi connectivity index (χ0) is 11.8. The predicted octanol–water partition coefficient (Wildman–Crippen LogP) is 1.56. The van der Waals surface area contributed by atoms with E-state index < -0.39 is 6.04 Å². The Morgan fingerprint density at radius 3 is 2.20 bits per heavy atom. The number of rotatable bonds is 7. The van der Waals surface area contributed by atoms with Crippen LogP contribution in [0, 0.1) is 5.92 Å². The van der Waals surface area contributed by atoms with Crippen LogP contribution < -0.4 is 5.73 Å². The topological polar surface area (TPSA) is 46.3 Å². The van der Waals surface area contributed by atoms with Crippen LogP contribution in [0.5, 0.6) is 0 Å². The van der Waals surface area contributed by atoms with Gasteiger partial charge in [0.05, 0.1) is 6.04 Å². The molecule has 15 heavy (non-hydrogen) atoms. The van der Waals surface area contributed by atoms with Crippen LogP contribution in [0.2, 0.25) is 0 Å². The van der Waals surface area contributed by atoms with E-state index in [-0.39, 0.29) is 11.8 Å². The minimum atomic E-state index is -0.421. The summed E-state index contributed by atoms with van der Waals surface area (Å²) in [6.45, 7) is 12.3. The van der Waals surface area contributed by atoms with Gasteiger partial charge in [-0.3, -0.25) is 4.79 Å². The van der Waals surface area contributed by atoms with Gasteiger partial charge in [0.1, 0.15) is 0 Å². The van der Waals surface area contributed by atoms with Crippen LogP contribution in [0.25, 0.3) is 0 Å². The predicted molar refractivity (Wildman–Crippen MR) is 64.4 cm³/mol. The van der Waals surface area contributed by atoms with Crippen LogP contribution in [0.4, 0.5) is 0 Å². The minimum Gasteiger partial charge on any atom is -0.334 e. The van der Waals surface area contributed by atoms with Crippen LogP contribution in [0.15, 0.2) is 25.3 Å². The summed E-state index contributed by atoms with van der Waals surface area (Å²) in [6.07, 6.45) is 4.30. The summed E-state index contributed by atoms with van der Waals surface area (Å²) in [4.78, 5) is 13.6. The highest BCUT2D eigenvalue weighted by molar-refractivity contribution is 5.82. The lowest BCUT2D eigenvalue weighted by molar-refractivity contribution is -0.132. The summed E-state index contributed by atoms with van der Waals surface area (Å²) >= 11 is 0. The Morgan fingerprint density at radius 1 is 1.40 bits per heavy atom. The molecule has 0 radical (unpaired) electrons. The molecule has 0 rings (SSSR count). The molecule has 3 nitrogen and oxygen atoms in total. The van der Waals surface area contributed by atoms with E-state index in [1.807, 2.05) is 13.8 Å². The van der Waals surface area contributed by atoms with Crippen molar-refractivity contribution < 1.29 is 4.79 Å². The maximum Gasteiger partial charge on any atom is 0.240 e. The number of hydrogen-bond donors (Lipinski definition) is 1. The van der Waals surface area contributed by atoms with Crippen molar-refractivity contribution >= 4 is 5.91 Å². The molecule has 0 bridgehead atoms. The number of amides is 1. The van der Waals surface area contributed by atoms with Gasteiger partial charge in [-0.15, -0.1) is 13.2 Å². The molecule has 2 atom stereocenters. The lowest BCUT2D eigenvalue weighted by atomic mass is 9.99. The van der Waals surface area contributed by atoms with E-state index in [1.54, 1.807) is 17.1 Å². The minimum absolute atomic E-state index is 0.0239. The Labute approximate surface area is 92.6 Å². The summed E-state index contributed by atoms with van der Waals surface area (Å²) < 4.78 is 0. The van der Waals surface area contributed by atoms with Gasteiger partial charge in [0, 0.05) is 13.1 Å². The second kappa shape index (κ2) is 7.23. The van der Waals surface area contributed by atoms with E-state index in [2.05, 4.69) is 13.2 Å². The molecule has 1 amide bonds. The van der Waals surface area contributed by atoms with E-state index in [9.17, 15) is 4.79 Å². The van der Waals surface area contributed by atoms with Crippen molar-refractivity contribution in [3.63, 3.8) is 0 Å². The quantitative estimate of drug-likeness (QED) is 0.648. The number of hydrogen-bond acceptors (Lipinski definition) is 2. The highest BCUT2D eigenvalue weighted by Crippen LogP contribution is 2.08. The van der Waals surface area contributed by atoms with Crippen LogP contribution in [-0.4, -0.2) is 29.9 Å². The lowest BCUT2D eigenvalue weighted by Gasteiger charge is -2.26. The van der Waals surface area contributed by atoms with Gasteiger partial charge in [-0.25, -0.2) is 0 Å². The molecule has 0 saturated carbocycles. The molecule has 3 heteroatoms. The van der Waals surface area contributed by atoms with Crippen molar-refractivity contribution in [3.8, 4) is 0 Å². The summed E-state index contributed by atoms with van der Waals surface area (Å²) in [5.41, 5.74) is 5.87. The van der Waals surface area contributed by atoms with Crippen LogP contribution in [-0.2, 0) is 4.79 Å². The first-order valence-electron chi connectivity index (χ1n) is 5.34. The normalized spacial score (nSPS) is 14.1. The Balaban J connectivity index is 4.46. The van der Waals surface area contributed by atoms with Crippen molar-refractivity contribution in [2.45, 2.75) is 26.3 Å². The van der Waals surface area contributed by atoms with Crippen molar-refractivity contribution in [1.82, 2.24) is 4.90 Å². The molecular formula is C12H22N2O. The maximum atomic E-state index is 11.9. The standard InChI is InChI=1S/C12H22N2O/c1-5-8-14(9-6-2)12(15)11(13)10(4)7-3/h5-6,10-11H,1-2,7-9,13H2,3-4H3/t10-,11-/m0/s1. The molecule has 86 valence electrons. The monoisotopic (exact) mass is 210 g/mol. The highest BCUT2D eigenvalue weighted by atomic mass is 16.2. The molecule has 0 aliphatic rings. The van der Waals surface area contributed by atoms with Crippen molar-refractivity contribution in [3.05, 3.63) is 25.3 Å². The molecular weight excluding hydrogens is 188 g/mol. The van der Waals surface area contributed by atoms with Gasteiger partial charge in [0.2, 0.25) is 5.91 Å². The van der Waals surface area contributed by atoms with Gasteiger partial charge >= 0.3 is 0 Å². The Bertz CT molecular complexity index is 216. The number of carbonyl (C=O) groups is 1. The smallest absolute Gasteiger partial charge is 0.240 e. The first kappa shape index (κ1) is 13.9. The third-order valence-corrected chi connectivity index (χ3v) is 2.55. The molecule has 0 fully saturated rings. The fourth-order valence-corrected chi connectivity index (χ4v) is 1.27. The van der Waals surface area contributed by atoms with E-state index in [0.717, 1.165) is 6.42 Å². The fraction of sp³-hybridized carbons (Fsp3) is 0.583. The zero-order valence-electron chi connectivity index (χ0n) is 9.78. The van der Waals surface area contributed by atoms with Gasteiger partial charge in [-0.1, -0.05) is 32.4 Å². The Hall–Kier alpha value is -1.09. The van der Waals surface area contributed by atoms with Crippen molar-refractivity contribution in [1.29, 1.82) is 0 Å². The lowest BCUT2D eigenvalue weighted by Crippen LogP contribution is -2.47. The summed E-state index contributed by atoms with van der Waals surface area (Å²) in [6, 6.07) is -0.421. The van der Waals surface area contributed by atoms with Crippen molar-refractivity contribution in [2.24, 2.45) is 11.7 Å². The van der Waals surface area contributed by atoms with Gasteiger partial charge in [0.25, 0.3) is 0 Å². The molecule has 0 unspecified atom stereocenters. The first-order valence-corrected chi connectivity index (χ1v) is 5.34. The Morgan fingerprint density at radius 2 is 1.87 bits per heavy atom. The number of carbonyl (C=O) groups excluding carboxylic acids is 1. The summed E-state index contributed by atoms with van der Waals surface area (Å²) in [5.74, 6) is 0.179. The second-order valence-electron chi connectivity index (χ2n) is 3.73. The molecule has 0 aliphatic heterocycles. The molecule has 2 N–H and O–H groups in total. The number of nitrogens with zero attached hydrogens (tertiary/aromatic N) is 1. The molecule has 0 aromatic carbocycles. The first-order chi connectivity index (χ1) is 7.08. The van der Waals surface area contributed by atoms with Crippen LogP contribution in [0.3, 0.4) is 0 Å². The van der Waals surface area contributed by atoms with Crippen LogP contribution in [0.1, 0.15) is 20.3 Å². The van der Waals surface area contributed by atoms with E-state index in [4.69, 9.17) is 5.73 Å². The summed E-state index contributed by atoms with van der Waals surface area (Å²) in [5, 5.41) is 0. The molecule has 0 aromatic heterocycles. The van der Waals surface area contributed by atoms with E-state index in [0.29, 0.717) is 13.1 Å². The van der Waals surface area contributed by atoms with Gasteiger partial charge < -0.3 is 10.6 Å². The zero-order valence-corrected chi connectivity index (χ0v) is 9.78. The third-order valence-electron chi connectivity index (χ3n) is 2.55. The van der Waals surface area contributed by atoms with Gasteiger partial charge in [-0.2, -0.15) is 0 Å². The van der Waals surface area contributed by atoms with E-state index in [1.165, 1.54) is 0 Å². The molecule has 0 saturated heterocycles. The highest BCUT2D eigenvalue weighted by Gasteiger charge is 2.23. The molecule has 0 heterocycles. The Kier molecular flexibility index (Phi) is 6.71. The van der Waals surface area contributed by atoms with Crippen molar-refractivity contribution in [2.75, 3.05) is 13.1 Å². The fourth-order valence-electron chi connectivity index (χ4n) is 1.27. The largest absolute Gasteiger partial charge is 0.334 e. The van der Waals surface area contributed by atoms with Gasteiger partial charge in [-0.05, 0) is 5.92 Å². The van der Waals surface area contributed by atoms with E-state index >= 15 is 0 Å². The maximum absolute atomic E-state index is 11.9. The average Bonchev–Trinajstić information content (AvgIpc) is 2.25. The third kappa shape index (κ3) is 4.30. The molecule has 0 aliphatic carbocycles.